The van der Waals surface area contributed by atoms with Crippen LogP contribution in [0.1, 0.15) is 0 Å². The van der Waals surface area contributed by atoms with Gasteiger partial charge in [-0.1, -0.05) is 23.2 Å². The molecule has 0 bridgehead atoms. The maximum Gasteiger partial charge on any atom is 0.287 e. The number of halogens is 2. The van der Waals surface area contributed by atoms with E-state index in [1.807, 2.05) is 9.80 Å². The van der Waals surface area contributed by atoms with Crippen LogP contribution in [0.2, 0.25) is 10.0 Å². The van der Waals surface area contributed by atoms with Crippen LogP contribution in [0.4, 0.5) is 5.69 Å². The zero-order chi connectivity index (χ0) is 20.8. The van der Waals surface area contributed by atoms with Gasteiger partial charge in [-0.3, -0.25) is 9.59 Å². The Morgan fingerprint density at radius 3 is 2.07 bits per heavy atom. The van der Waals surface area contributed by atoms with E-state index in [9.17, 15) is 14.7 Å². The van der Waals surface area contributed by atoms with Crippen molar-refractivity contribution in [1.82, 2.24) is 9.80 Å². The first-order valence-electron chi connectivity index (χ1n) is 9.17. The monoisotopic (exact) mass is 444 g/mol. The van der Waals surface area contributed by atoms with Crippen molar-refractivity contribution in [2.24, 2.45) is 4.99 Å². The van der Waals surface area contributed by atoms with Crippen molar-refractivity contribution >= 4 is 46.7 Å². The molecule has 29 heavy (non-hydrogen) atoms. The van der Waals surface area contributed by atoms with E-state index in [4.69, 9.17) is 32.7 Å². The summed E-state index contributed by atoms with van der Waals surface area (Å²) < 4.78 is 10.7. The maximum atomic E-state index is 12.5. The summed E-state index contributed by atoms with van der Waals surface area (Å²) in [7, 11) is 0. The normalized spacial score (nSPS) is 18.2. The number of morpholine rings is 2. The first-order valence-corrected chi connectivity index (χ1v) is 9.93. The van der Waals surface area contributed by atoms with Crippen molar-refractivity contribution in [1.29, 1.82) is 0 Å². The first kappa shape index (κ1) is 21.8. The number of ether oxygens (including phenoxy) is 2. The molecule has 0 radical (unpaired) electrons. The lowest BCUT2D eigenvalue weighted by molar-refractivity contribution is -0.136. The van der Waals surface area contributed by atoms with Crippen molar-refractivity contribution in [3.63, 3.8) is 0 Å². The van der Waals surface area contributed by atoms with Gasteiger partial charge in [-0.05, 0) is 18.2 Å². The topological polar surface area (TPSA) is 104 Å². The molecule has 1 unspecified atom stereocenters. The van der Waals surface area contributed by atoms with Crippen LogP contribution in [-0.2, 0) is 19.1 Å². The number of amides is 2. The minimum Gasteiger partial charge on any atom is -0.378 e. The van der Waals surface area contributed by atoms with Crippen LogP contribution in [0.3, 0.4) is 0 Å². The number of hydrogen-bond acceptors (Lipinski definition) is 5. The minimum absolute atomic E-state index is 0.241. The van der Waals surface area contributed by atoms with Gasteiger partial charge in [0.05, 0.1) is 36.5 Å². The molecule has 1 aromatic rings. The third-order valence-electron chi connectivity index (χ3n) is 4.47. The Kier molecular flexibility index (Phi) is 7.68. The lowest BCUT2D eigenvalue weighted by Crippen LogP contribution is -2.53. The summed E-state index contributed by atoms with van der Waals surface area (Å²) in [6, 6.07) is 4.44. The zero-order valence-electron chi connectivity index (χ0n) is 15.6. The largest absolute Gasteiger partial charge is 0.378 e. The Hall–Kier alpha value is -1.91. The zero-order valence-corrected chi connectivity index (χ0v) is 17.2. The van der Waals surface area contributed by atoms with E-state index in [1.54, 1.807) is 0 Å². The number of rotatable bonds is 3. The number of carbonyl (C=O) groups is 2. The van der Waals surface area contributed by atoms with Crippen LogP contribution in [0.25, 0.3) is 0 Å². The molecule has 9 nitrogen and oxygen atoms in total. The molecule has 2 amide bonds. The van der Waals surface area contributed by atoms with E-state index >= 15 is 0 Å². The number of nitrogens with zero attached hydrogens (tertiary/aromatic N) is 3. The summed E-state index contributed by atoms with van der Waals surface area (Å²) in [4.78, 5) is 32.7. The molecular weight excluding hydrogens is 423 g/mol. The second-order valence-electron chi connectivity index (χ2n) is 6.47. The molecule has 158 valence electrons. The van der Waals surface area contributed by atoms with Crippen molar-refractivity contribution in [3.8, 4) is 0 Å². The molecule has 1 atom stereocenters. The first-order chi connectivity index (χ1) is 14.0. The molecule has 2 fully saturated rings. The van der Waals surface area contributed by atoms with Gasteiger partial charge in [0.15, 0.2) is 0 Å². The lowest BCUT2D eigenvalue weighted by Gasteiger charge is -2.37. The van der Waals surface area contributed by atoms with Crippen molar-refractivity contribution in [2.45, 2.75) is 6.10 Å². The fourth-order valence-corrected chi connectivity index (χ4v) is 3.22. The van der Waals surface area contributed by atoms with Crippen molar-refractivity contribution in [3.05, 3.63) is 28.2 Å². The van der Waals surface area contributed by atoms with Crippen LogP contribution >= 0.6 is 23.2 Å². The summed E-state index contributed by atoms with van der Waals surface area (Å²) in [5.74, 6) is -1.43. The molecule has 2 heterocycles. The van der Waals surface area contributed by atoms with Crippen molar-refractivity contribution in [2.75, 3.05) is 57.9 Å². The highest BCUT2D eigenvalue weighted by molar-refractivity contribution is 6.42. The summed E-state index contributed by atoms with van der Waals surface area (Å²) in [5, 5.41) is 13.2. The quantitative estimate of drug-likeness (QED) is 0.404. The number of guanidine groups is 1. The second kappa shape index (κ2) is 10.2. The molecule has 0 aliphatic carbocycles. The Balaban J connectivity index is 1.72. The van der Waals surface area contributed by atoms with Gasteiger partial charge in [-0.25, -0.2) is 0 Å². The molecule has 0 aromatic heterocycles. The van der Waals surface area contributed by atoms with E-state index in [0.29, 0.717) is 69.3 Å². The predicted molar refractivity (Wildman–Crippen MR) is 108 cm³/mol. The molecule has 11 heteroatoms. The highest BCUT2D eigenvalue weighted by atomic mass is 35.5. The van der Waals surface area contributed by atoms with Gasteiger partial charge < -0.3 is 29.7 Å². The number of aliphatic imine (C=N–C) groups is 1. The van der Waals surface area contributed by atoms with E-state index in [2.05, 4.69) is 10.3 Å². The number of aliphatic hydroxyl groups is 1. The molecule has 2 saturated heterocycles. The van der Waals surface area contributed by atoms with Crippen LogP contribution in [0.15, 0.2) is 23.2 Å². The van der Waals surface area contributed by atoms with Crippen LogP contribution in [-0.4, -0.2) is 91.4 Å². The summed E-state index contributed by atoms with van der Waals surface area (Å²) in [6.07, 6.45) is -1.96. The van der Waals surface area contributed by atoms with Gasteiger partial charge in [0.25, 0.3) is 11.8 Å². The minimum atomic E-state index is -1.96. The Morgan fingerprint density at radius 2 is 1.55 bits per heavy atom. The molecule has 3 rings (SSSR count). The number of benzene rings is 1. The van der Waals surface area contributed by atoms with E-state index < -0.39 is 17.9 Å². The number of aliphatic hydroxyl groups excluding tert-OH is 1. The predicted octanol–water partition coefficient (Wildman–Crippen LogP) is 0.840. The summed E-state index contributed by atoms with van der Waals surface area (Å²) in [5.41, 5.74) is 0.307. The number of hydrogen-bond donors (Lipinski definition) is 2. The maximum absolute atomic E-state index is 12.5. The Labute approximate surface area is 178 Å². The molecule has 2 N–H and O–H groups in total. The number of nitrogens with one attached hydrogen (secondary N) is 1. The van der Waals surface area contributed by atoms with Crippen LogP contribution < -0.4 is 5.32 Å². The van der Waals surface area contributed by atoms with Crippen LogP contribution in [0.5, 0.6) is 0 Å². The molecule has 0 spiro atoms. The van der Waals surface area contributed by atoms with Gasteiger partial charge in [0.1, 0.15) is 0 Å². The Morgan fingerprint density at radius 1 is 1.00 bits per heavy atom. The van der Waals surface area contributed by atoms with E-state index in [1.165, 1.54) is 18.2 Å². The van der Waals surface area contributed by atoms with Gasteiger partial charge in [0, 0.05) is 31.9 Å². The fourth-order valence-electron chi connectivity index (χ4n) is 2.92. The standard InChI is InChI=1S/C18H22Cl2N4O5/c19-13-2-1-12(11-14(13)20)21-16(26)15(25)17(27)22-18(23-3-7-28-8-4-23)24-5-9-29-10-6-24/h1-2,11,15,25H,3-10H2,(H,21,26). The average molecular weight is 445 g/mol. The fraction of sp³-hybridized carbons (Fsp3) is 0.500. The van der Waals surface area contributed by atoms with E-state index in [-0.39, 0.29) is 5.02 Å². The van der Waals surface area contributed by atoms with Gasteiger partial charge in [-0.2, -0.15) is 4.99 Å². The van der Waals surface area contributed by atoms with Crippen molar-refractivity contribution < 1.29 is 24.2 Å². The van der Waals surface area contributed by atoms with Gasteiger partial charge >= 0.3 is 0 Å². The molecular formula is C18H22Cl2N4O5. The lowest BCUT2D eigenvalue weighted by atomic mass is 10.2. The molecule has 2 aliphatic rings. The highest BCUT2D eigenvalue weighted by Crippen LogP contribution is 2.25. The average Bonchev–Trinajstić information content (AvgIpc) is 2.75. The molecule has 2 aliphatic heterocycles. The molecule has 1 aromatic carbocycles. The third kappa shape index (κ3) is 5.80. The SMILES string of the molecule is O=C(N=C(N1CCOCC1)N1CCOCC1)C(O)C(=O)Nc1ccc(Cl)c(Cl)c1. The second-order valence-corrected chi connectivity index (χ2v) is 7.28. The van der Waals surface area contributed by atoms with Crippen LogP contribution in [0, 0.1) is 0 Å². The number of anilines is 1. The Bertz CT molecular complexity index is 760. The summed E-state index contributed by atoms with van der Waals surface area (Å²) >= 11 is 11.8. The van der Waals surface area contributed by atoms with Gasteiger partial charge in [0.2, 0.25) is 12.1 Å². The van der Waals surface area contributed by atoms with Gasteiger partial charge in [-0.15, -0.1) is 0 Å². The highest BCUT2D eigenvalue weighted by Gasteiger charge is 2.28. The summed E-state index contributed by atoms with van der Waals surface area (Å²) in [6.45, 7) is 4.31. The molecule has 0 saturated carbocycles. The number of carbonyl (C=O) groups excluding carboxylic acids is 2. The third-order valence-corrected chi connectivity index (χ3v) is 5.21. The smallest absolute Gasteiger partial charge is 0.287 e. The van der Waals surface area contributed by atoms with E-state index in [0.717, 1.165) is 0 Å².